The molecule has 0 saturated carbocycles. The van der Waals surface area contributed by atoms with Crippen LogP contribution < -0.4 is 16.4 Å². The van der Waals surface area contributed by atoms with Gasteiger partial charge in [0.15, 0.2) is 0 Å². The number of rotatable bonds is 9. The second-order valence-corrected chi connectivity index (χ2v) is 4.58. The fraction of sp³-hybridized carbons (Fsp3) is 0.600. The van der Waals surface area contributed by atoms with Crippen molar-refractivity contribution in [3.8, 4) is 0 Å². The Bertz CT molecular complexity index is 389. The molecule has 0 aliphatic heterocycles. The first kappa shape index (κ1) is 18.4. The first-order chi connectivity index (χ1) is 9.27. The summed E-state index contributed by atoms with van der Waals surface area (Å²) in [7, 11) is 0. The summed E-state index contributed by atoms with van der Waals surface area (Å²) in [5.74, 6) is -3.58. The number of carboxylic acid groups (broad SMARTS) is 2. The van der Waals surface area contributed by atoms with Crippen LogP contribution in [-0.4, -0.2) is 68.6 Å². The van der Waals surface area contributed by atoms with E-state index >= 15 is 0 Å². The van der Waals surface area contributed by atoms with Crippen LogP contribution in [0.4, 0.5) is 0 Å². The molecule has 20 heavy (non-hydrogen) atoms. The van der Waals surface area contributed by atoms with Crippen molar-refractivity contribution in [1.82, 2.24) is 10.6 Å². The van der Waals surface area contributed by atoms with Crippen LogP contribution in [-0.2, 0) is 19.2 Å². The molecule has 113 valence electrons. The van der Waals surface area contributed by atoms with Gasteiger partial charge >= 0.3 is 122 Å². The normalized spacial score (nSPS) is 13.1. The molecule has 9 nitrogen and oxygen atoms in total. The summed E-state index contributed by atoms with van der Waals surface area (Å²) in [4.78, 5) is 43.8. The minimum atomic E-state index is -1.21. The number of amides is 2. The zero-order valence-electron chi connectivity index (χ0n) is 10.5. The van der Waals surface area contributed by atoms with Crippen LogP contribution in [0.1, 0.15) is 12.8 Å². The van der Waals surface area contributed by atoms with Gasteiger partial charge in [0.05, 0.1) is 0 Å². The monoisotopic (exact) mass is 354 g/mol. The molecular weight excluding hydrogens is 337 g/mol. The van der Waals surface area contributed by atoms with Crippen molar-refractivity contribution >= 4 is 39.8 Å². The Kier molecular flexibility index (Phi) is 8.53. The number of nitrogens with one attached hydrogen (secondary N) is 2. The molecule has 2 atom stereocenters. The number of nitrogens with two attached hydrogens (primary N) is 1. The number of hydrogen-bond acceptors (Lipinski definition) is 5. The van der Waals surface area contributed by atoms with Gasteiger partial charge in [-0.25, -0.2) is 0 Å². The van der Waals surface area contributed by atoms with Gasteiger partial charge in [-0.3, -0.25) is 0 Å². The molecule has 0 aromatic heterocycles. The molecule has 0 saturated heterocycles. The topological polar surface area (TPSA) is 159 Å². The average Bonchev–Trinajstić information content (AvgIpc) is 2.38. The molecular formula is C10H16N3O6Se. The van der Waals surface area contributed by atoms with Gasteiger partial charge in [0.25, 0.3) is 0 Å². The SMILES string of the molecule is NC(CCC(=O)NC(C[Se])C(=O)NCC(=O)O)C(=O)O. The molecule has 0 fully saturated rings. The number of carboxylic acids is 2. The van der Waals surface area contributed by atoms with Gasteiger partial charge in [-0.2, -0.15) is 0 Å². The van der Waals surface area contributed by atoms with Gasteiger partial charge in [-0.05, 0) is 0 Å². The van der Waals surface area contributed by atoms with Gasteiger partial charge in [-0.1, -0.05) is 0 Å². The molecule has 0 spiro atoms. The van der Waals surface area contributed by atoms with Crippen LogP contribution in [0.2, 0.25) is 5.32 Å². The Morgan fingerprint density at radius 3 is 2.25 bits per heavy atom. The first-order valence-corrected chi connectivity index (χ1v) is 6.84. The van der Waals surface area contributed by atoms with Crippen LogP contribution in [0.25, 0.3) is 0 Å². The Hall–Kier alpha value is -1.64. The third-order valence-corrected chi connectivity index (χ3v) is 2.93. The zero-order valence-corrected chi connectivity index (χ0v) is 12.2. The van der Waals surface area contributed by atoms with Gasteiger partial charge < -0.3 is 0 Å². The van der Waals surface area contributed by atoms with Crippen molar-refractivity contribution in [2.45, 2.75) is 30.2 Å². The van der Waals surface area contributed by atoms with Crippen LogP contribution in [0.15, 0.2) is 0 Å². The Labute approximate surface area is 123 Å². The third-order valence-electron chi connectivity index (χ3n) is 2.23. The molecule has 0 heterocycles. The van der Waals surface area contributed by atoms with Crippen molar-refractivity contribution in [2.24, 2.45) is 5.73 Å². The van der Waals surface area contributed by atoms with Gasteiger partial charge in [0.1, 0.15) is 0 Å². The van der Waals surface area contributed by atoms with Gasteiger partial charge in [-0.15, -0.1) is 0 Å². The molecule has 0 aliphatic carbocycles. The Morgan fingerprint density at radius 2 is 1.80 bits per heavy atom. The van der Waals surface area contributed by atoms with E-state index in [9.17, 15) is 19.2 Å². The van der Waals surface area contributed by atoms with E-state index in [0.29, 0.717) is 0 Å². The summed E-state index contributed by atoms with van der Waals surface area (Å²) in [5, 5.41) is 21.6. The van der Waals surface area contributed by atoms with Crippen molar-refractivity contribution in [3.05, 3.63) is 0 Å². The Balaban J connectivity index is 4.21. The fourth-order valence-electron chi connectivity index (χ4n) is 1.15. The van der Waals surface area contributed by atoms with Crippen molar-refractivity contribution in [1.29, 1.82) is 0 Å². The summed E-state index contributed by atoms with van der Waals surface area (Å²) in [6.07, 6.45) is -0.200. The van der Waals surface area contributed by atoms with Crippen LogP contribution in [0.5, 0.6) is 0 Å². The molecule has 0 aromatic rings. The third kappa shape index (κ3) is 7.72. The summed E-state index contributed by atoms with van der Waals surface area (Å²) in [6.45, 7) is -0.547. The molecule has 2 unspecified atom stereocenters. The van der Waals surface area contributed by atoms with E-state index in [1.807, 2.05) is 0 Å². The standard InChI is InChI=1S/C10H16N3O6Se/c11-5(10(18)19)1-2-7(14)13-6(4-20)9(17)12-3-8(15)16/h5-6H,1-4,11H2,(H,12,17)(H,13,14)(H,15,16)(H,18,19). The van der Waals surface area contributed by atoms with E-state index in [0.717, 1.165) is 0 Å². The van der Waals surface area contributed by atoms with Crippen molar-refractivity contribution in [3.63, 3.8) is 0 Å². The molecule has 0 rings (SSSR count). The summed E-state index contributed by atoms with van der Waals surface area (Å²) in [6, 6.07) is -2.06. The van der Waals surface area contributed by atoms with Crippen LogP contribution in [0.3, 0.4) is 0 Å². The molecule has 0 bridgehead atoms. The second-order valence-electron chi connectivity index (χ2n) is 3.88. The maximum absolute atomic E-state index is 11.5. The molecule has 0 aliphatic rings. The molecule has 10 heteroatoms. The molecule has 1 radical (unpaired) electrons. The van der Waals surface area contributed by atoms with Crippen LogP contribution in [0, 0.1) is 0 Å². The maximum atomic E-state index is 11.5. The first-order valence-electron chi connectivity index (χ1n) is 5.63. The van der Waals surface area contributed by atoms with Gasteiger partial charge in [0, 0.05) is 0 Å². The number of aliphatic carboxylic acids is 2. The van der Waals surface area contributed by atoms with E-state index in [1.54, 1.807) is 0 Å². The van der Waals surface area contributed by atoms with E-state index < -0.39 is 42.4 Å². The quantitative estimate of drug-likeness (QED) is 0.285. The van der Waals surface area contributed by atoms with Crippen molar-refractivity contribution in [2.75, 3.05) is 6.54 Å². The van der Waals surface area contributed by atoms with Crippen molar-refractivity contribution < 1.29 is 29.4 Å². The van der Waals surface area contributed by atoms with E-state index in [1.165, 1.54) is 0 Å². The predicted molar refractivity (Wildman–Crippen MR) is 68.0 cm³/mol. The number of carbonyl (C=O) groups is 4. The molecule has 0 aromatic carbocycles. The van der Waals surface area contributed by atoms with Gasteiger partial charge in [0.2, 0.25) is 0 Å². The number of carbonyl (C=O) groups excluding carboxylic acids is 2. The summed E-state index contributed by atoms with van der Waals surface area (Å²) >= 11 is 2.56. The fourth-order valence-corrected chi connectivity index (χ4v) is 1.64. The summed E-state index contributed by atoms with van der Waals surface area (Å²) < 4.78 is 0. The molecule has 6 N–H and O–H groups in total. The van der Waals surface area contributed by atoms with E-state index in [-0.39, 0.29) is 18.2 Å². The Morgan fingerprint density at radius 1 is 1.20 bits per heavy atom. The molecule has 2 amide bonds. The van der Waals surface area contributed by atoms with E-state index in [2.05, 4.69) is 26.6 Å². The van der Waals surface area contributed by atoms with Crippen LogP contribution >= 0.6 is 0 Å². The minimum absolute atomic E-state index is 0.0575. The number of hydrogen-bond donors (Lipinski definition) is 5. The second kappa shape index (κ2) is 9.29. The zero-order chi connectivity index (χ0) is 15.7. The summed E-state index contributed by atoms with van der Waals surface area (Å²) in [5.41, 5.74) is 5.24. The predicted octanol–water partition coefficient (Wildman–Crippen LogP) is -2.55. The van der Waals surface area contributed by atoms with E-state index in [4.69, 9.17) is 15.9 Å². The average molecular weight is 353 g/mol.